The minimum absolute atomic E-state index is 0.767. The molecular formula is C6H18N2S2. The number of hydrogen-bond donors (Lipinski definition) is 4. The SMILES string of the molecule is NCCCS.NCCCS. The van der Waals surface area contributed by atoms with Crippen LogP contribution in [0.3, 0.4) is 0 Å². The highest BCUT2D eigenvalue weighted by Gasteiger charge is 1.69. The fraction of sp³-hybridized carbons (Fsp3) is 1.00. The molecule has 0 saturated carbocycles. The van der Waals surface area contributed by atoms with Gasteiger partial charge < -0.3 is 11.5 Å². The average Bonchev–Trinajstić information content (AvgIpc) is 1.93. The van der Waals surface area contributed by atoms with E-state index in [0.29, 0.717) is 0 Å². The molecule has 0 unspecified atom stereocenters. The molecule has 0 atom stereocenters. The summed E-state index contributed by atoms with van der Waals surface area (Å²) in [6.45, 7) is 1.53. The Balaban J connectivity index is 0. The Morgan fingerprint density at radius 1 is 0.800 bits per heavy atom. The highest BCUT2D eigenvalue weighted by Crippen LogP contribution is 1.75. The minimum atomic E-state index is 0.767. The maximum absolute atomic E-state index is 5.09. The first kappa shape index (κ1) is 13.2. The van der Waals surface area contributed by atoms with Crippen LogP contribution in [0.4, 0.5) is 0 Å². The van der Waals surface area contributed by atoms with Gasteiger partial charge in [0, 0.05) is 0 Å². The van der Waals surface area contributed by atoms with Crippen LogP contribution in [0.15, 0.2) is 0 Å². The molecule has 0 aliphatic heterocycles. The van der Waals surface area contributed by atoms with Gasteiger partial charge in [0.05, 0.1) is 0 Å². The molecule has 0 aromatic carbocycles. The summed E-state index contributed by atoms with van der Waals surface area (Å²) in [6, 6.07) is 0. The van der Waals surface area contributed by atoms with Crippen LogP contribution in [-0.2, 0) is 0 Å². The van der Waals surface area contributed by atoms with Gasteiger partial charge in [0.2, 0.25) is 0 Å². The molecule has 4 N–H and O–H groups in total. The van der Waals surface area contributed by atoms with Gasteiger partial charge in [-0.1, -0.05) is 0 Å². The lowest BCUT2D eigenvalue weighted by molar-refractivity contribution is 0.946. The van der Waals surface area contributed by atoms with Crippen LogP contribution < -0.4 is 11.5 Å². The minimum Gasteiger partial charge on any atom is -0.330 e. The molecule has 10 heavy (non-hydrogen) atoms. The van der Waals surface area contributed by atoms with E-state index in [9.17, 15) is 0 Å². The van der Waals surface area contributed by atoms with Crippen LogP contribution >= 0.6 is 25.3 Å². The first-order valence-electron chi connectivity index (χ1n) is 3.45. The van der Waals surface area contributed by atoms with Gasteiger partial charge in [-0.05, 0) is 37.4 Å². The largest absolute Gasteiger partial charge is 0.330 e. The van der Waals surface area contributed by atoms with Gasteiger partial charge in [-0.25, -0.2) is 0 Å². The number of thiol groups is 2. The molecule has 0 aliphatic carbocycles. The van der Waals surface area contributed by atoms with E-state index in [1.165, 1.54) is 0 Å². The zero-order valence-electron chi connectivity index (χ0n) is 6.29. The second kappa shape index (κ2) is 16.3. The van der Waals surface area contributed by atoms with Gasteiger partial charge in [0.1, 0.15) is 0 Å². The summed E-state index contributed by atoms with van der Waals surface area (Å²) in [6.07, 6.45) is 2.06. The molecule has 0 rings (SSSR count). The lowest BCUT2D eigenvalue weighted by Gasteiger charge is -1.79. The zero-order valence-corrected chi connectivity index (χ0v) is 8.08. The van der Waals surface area contributed by atoms with E-state index in [-0.39, 0.29) is 0 Å². The second-order valence-electron chi connectivity index (χ2n) is 1.73. The molecule has 64 valence electrons. The zero-order chi connectivity index (χ0) is 8.24. The van der Waals surface area contributed by atoms with Crippen LogP contribution in [0, 0.1) is 0 Å². The summed E-state index contributed by atoms with van der Waals surface area (Å²) >= 11 is 7.84. The third-order valence-electron chi connectivity index (χ3n) is 0.724. The summed E-state index contributed by atoms with van der Waals surface area (Å²) in [5, 5.41) is 0. The monoisotopic (exact) mass is 182 g/mol. The van der Waals surface area contributed by atoms with Crippen molar-refractivity contribution in [3.8, 4) is 0 Å². The van der Waals surface area contributed by atoms with Gasteiger partial charge in [-0.15, -0.1) is 0 Å². The molecule has 2 nitrogen and oxygen atoms in total. The Bertz CT molecular complexity index is 34.7. The molecular weight excluding hydrogens is 164 g/mol. The van der Waals surface area contributed by atoms with Gasteiger partial charge >= 0.3 is 0 Å². The van der Waals surface area contributed by atoms with Gasteiger partial charge in [-0.2, -0.15) is 25.3 Å². The highest BCUT2D eigenvalue weighted by atomic mass is 32.1. The summed E-state index contributed by atoms with van der Waals surface area (Å²) in [7, 11) is 0. The summed E-state index contributed by atoms with van der Waals surface area (Å²) in [5.41, 5.74) is 10.2. The van der Waals surface area contributed by atoms with Gasteiger partial charge in [0.15, 0.2) is 0 Å². The maximum atomic E-state index is 5.09. The van der Waals surface area contributed by atoms with Crippen molar-refractivity contribution in [1.29, 1.82) is 0 Å². The third-order valence-corrected chi connectivity index (χ3v) is 1.36. The molecule has 0 aliphatic rings. The number of nitrogens with two attached hydrogens (primary N) is 2. The van der Waals surface area contributed by atoms with E-state index in [1.807, 2.05) is 0 Å². The smallest absolute Gasteiger partial charge is 0.00695 e. The molecule has 0 spiro atoms. The van der Waals surface area contributed by atoms with E-state index in [4.69, 9.17) is 11.5 Å². The predicted molar refractivity (Wildman–Crippen MR) is 55.0 cm³/mol. The second-order valence-corrected chi connectivity index (χ2v) is 2.63. The molecule has 4 heteroatoms. The lowest BCUT2D eigenvalue weighted by Crippen LogP contribution is -1.97. The van der Waals surface area contributed by atoms with Crippen molar-refractivity contribution in [1.82, 2.24) is 0 Å². The predicted octanol–water partition coefficient (Wildman–Crippen LogP) is 0.530. The summed E-state index contributed by atoms with van der Waals surface area (Å²) < 4.78 is 0. The van der Waals surface area contributed by atoms with Crippen LogP contribution in [0.5, 0.6) is 0 Å². The summed E-state index contributed by atoms with van der Waals surface area (Å²) in [4.78, 5) is 0. The van der Waals surface area contributed by atoms with E-state index in [2.05, 4.69) is 25.3 Å². The molecule has 0 saturated heterocycles. The van der Waals surface area contributed by atoms with Crippen molar-refractivity contribution in [2.24, 2.45) is 11.5 Å². The van der Waals surface area contributed by atoms with E-state index < -0.39 is 0 Å². The first-order chi connectivity index (χ1) is 4.83. The quantitative estimate of drug-likeness (QED) is 0.479. The number of hydrogen-bond acceptors (Lipinski definition) is 4. The van der Waals surface area contributed by atoms with Crippen molar-refractivity contribution < 1.29 is 0 Å². The van der Waals surface area contributed by atoms with E-state index in [1.54, 1.807) is 0 Å². The van der Waals surface area contributed by atoms with Crippen LogP contribution in [-0.4, -0.2) is 24.6 Å². The molecule has 0 aromatic heterocycles. The Kier molecular flexibility index (Phi) is 21.6. The summed E-state index contributed by atoms with van der Waals surface area (Å²) in [5.74, 6) is 1.83. The van der Waals surface area contributed by atoms with Crippen LogP contribution in [0.2, 0.25) is 0 Å². The van der Waals surface area contributed by atoms with Gasteiger partial charge in [0.25, 0.3) is 0 Å². The Morgan fingerprint density at radius 3 is 1.10 bits per heavy atom. The Hall–Kier alpha value is 0.620. The normalized spacial score (nSPS) is 8.40. The van der Waals surface area contributed by atoms with Gasteiger partial charge in [-0.3, -0.25) is 0 Å². The van der Waals surface area contributed by atoms with Crippen molar-refractivity contribution in [2.45, 2.75) is 12.8 Å². The molecule has 0 aromatic rings. The van der Waals surface area contributed by atoms with Crippen molar-refractivity contribution in [2.75, 3.05) is 24.6 Å². The maximum Gasteiger partial charge on any atom is -0.00695 e. The topological polar surface area (TPSA) is 52.0 Å². The van der Waals surface area contributed by atoms with Crippen molar-refractivity contribution >= 4 is 25.3 Å². The van der Waals surface area contributed by atoms with Crippen molar-refractivity contribution in [3.05, 3.63) is 0 Å². The molecule has 0 heterocycles. The standard InChI is InChI=1S/2C3H9NS/c2*4-2-1-3-5/h2*5H,1-4H2. The molecule has 0 bridgehead atoms. The first-order valence-corrected chi connectivity index (χ1v) is 4.71. The van der Waals surface area contributed by atoms with E-state index >= 15 is 0 Å². The molecule has 0 fully saturated rings. The van der Waals surface area contributed by atoms with Crippen molar-refractivity contribution in [3.63, 3.8) is 0 Å². The lowest BCUT2D eigenvalue weighted by atomic mass is 10.5. The fourth-order valence-corrected chi connectivity index (χ4v) is 0.548. The molecule has 0 radical (unpaired) electrons. The highest BCUT2D eigenvalue weighted by molar-refractivity contribution is 7.80. The number of rotatable bonds is 4. The van der Waals surface area contributed by atoms with E-state index in [0.717, 1.165) is 37.4 Å². The third kappa shape index (κ3) is 23.4. The Labute approximate surface area is 74.6 Å². The van der Waals surface area contributed by atoms with Crippen LogP contribution in [0.25, 0.3) is 0 Å². The van der Waals surface area contributed by atoms with Crippen LogP contribution in [0.1, 0.15) is 12.8 Å². The average molecular weight is 182 g/mol. The fourth-order valence-electron chi connectivity index (χ4n) is 0.183. The molecule has 0 amide bonds. The Morgan fingerprint density at radius 2 is 1.10 bits per heavy atom.